The third-order valence-corrected chi connectivity index (χ3v) is 7.11. The van der Waals surface area contributed by atoms with Crippen LogP contribution in [0, 0.1) is 17.6 Å². The number of ketones is 2. The molecule has 2 aromatic heterocycles. The Balaban J connectivity index is 1.09. The maximum absolute atomic E-state index is 14.0. The average Bonchev–Trinajstić information content (AvgIpc) is 3.01. The Labute approximate surface area is 241 Å². The maximum atomic E-state index is 14.0. The van der Waals surface area contributed by atoms with Gasteiger partial charge in [0.2, 0.25) is 5.88 Å². The lowest BCUT2D eigenvalue weighted by atomic mass is 9.88. The molecule has 0 radical (unpaired) electrons. The number of carbonyl (C=O) groups is 3. The van der Waals surface area contributed by atoms with E-state index in [9.17, 15) is 23.2 Å². The number of hydrogen-bond donors (Lipinski definition) is 1. The highest BCUT2D eigenvalue weighted by molar-refractivity contribution is 5.98. The second-order valence-corrected chi connectivity index (χ2v) is 10.0. The van der Waals surface area contributed by atoms with Gasteiger partial charge in [0, 0.05) is 49.4 Å². The molecule has 8 nitrogen and oxygen atoms in total. The highest BCUT2D eigenvalue weighted by Crippen LogP contribution is 2.25. The van der Waals surface area contributed by atoms with E-state index in [4.69, 9.17) is 4.74 Å². The van der Waals surface area contributed by atoms with Crippen LogP contribution in [0.1, 0.15) is 56.5 Å². The van der Waals surface area contributed by atoms with E-state index in [2.05, 4.69) is 15.3 Å². The van der Waals surface area contributed by atoms with Gasteiger partial charge in [-0.15, -0.1) is 0 Å². The minimum absolute atomic E-state index is 0.0130. The quantitative estimate of drug-likeness (QED) is 0.243. The van der Waals surface area contributed by atoms with E-state index in [1.807, 2.05) is 12.1 Å². The summed E-state index contributed by atoms with van der Waals surface area (Å²) in [5, 5.41) is 3.25. The number of halogens is 2. The van der Waals surface area contributed by atoms with Crippen LogP contribution in [0.3, 0.4) is 0 Å². The summed E-state index contributed by atoms with van der Waals surface area (Å²) in [5.74, 6) is -1.65. The van der Waals surface area contributed by atoms with Gasteiger partial charge in [-0.2, -0.15) is 0 Å². The molecule has 1 aliphatic heterocycles. The summed E-state index contributed by atoms with van der Waals surface area (Å²) in [4.78, 5) is 47.3. The van der Waals surface area contributed by atoms with Crippen LogP contribution in [0.25, 0.3) is 0 Å². The van der Waals surface area contributed by atoms with E-state index in [0.717, 1.165) is 17.3 Å². The Kier molecular flexibility index (Phi) is 8.61. The molecule has 1 saturated heterocycles. The topological polar surface area (TPSA) is 101 Å². The number of amides is 1. The van der Waals surface area contributed by atoms with Crippen LogP contribution in [0.4, 0.5) is 14.5 Å². The van der Waals surface area contributed by atoms with Crippen LogP contribution >= 0.6 is 0 Å². The van der Waals surface area contributed by atoms with Gasteiger partial charge in [0.25, 0.3) is 5.91 Å². The molecule has 1 fully saturated rings. The van der Waals surface area contributed by atoms with Gasteiger partial charge < -0.3 is 15.0 Å². The first-order chi connectivity index (χ1) is 20.3. The van der Waals surface area contributed by atoms with E-state index in [1.165, 1.54) is 13.0 Å². The van der Waals surface area contributed by atoms with Gasteiger partial charge in [0.15, 0.2) is 11.6 Å². The standard InChI is InChI=1S/C32H28F2N4O4/c1-20(39)22-3-7-26(8-4-22)42-30-11-6-25(19-37-30)35-17-21-2-10-29(36-18-21)32(41)38-14-12-23(13-15-38)31(40)27-9-5-24(33)16-28(27)34/h2-11,16,18-19,23,35H,12-15,17H2,1H3. The predicted molar refractivity (Wildman–Crippen MR) is 152 cm³/mol. The first-order valence-corrected chi connectivity index (χ1v) is 13.5. The van der Waals surface area contributed by atoms with Crippen molar-refractivity contribution in [1.29, 1.82) is 0 Å². The van der Waals surface area contributed by atoms with Crippen molar-refractivity contribution >= 4 is 23.2 Å². The minimum Gasteiger partial charge on any atom is -0.439 e. The Hall–Kier alpha value is -4.99. The Morgan fingerprint density at radius 1 is 0.929 bits per heavy atom. The van der Waals surface area contributed by atoms with Crippen molar-refractivity contribution in [2.75, 3.05) is 18.4 Å². The molecule has 10 heteroatoms. The van der Waals surface area contributed by atoms with Crippen molar-refractivity contribution in [3.63, 3.8) is 0 Å². The van der Waals surface area contributed by atoms with Gasteiger partial charge in [-0.05, 0) is 73.9 Å². The third-order valence-electron chi connectivity index (χ3n) is 7.11. The van der Waals surface area contributed by atoms with Crippen LogP contribution in [0.5, 0.6) is 11.6 Å². The zero-order chi connectivity index (χ0) is 29.6. The first-order valence-electron chi connectivity index (χ1n) is 13.5. The molecular weight excluding hydrogens is 542 g/mol. The fourth-order valence-electron chi connectivity index (χ4n) is 4.70. The van der Waals surface area contributed by atoms with Crippen LogP contribution in [-0.4, -0.2) is 45.4 Å². The largest absolute Gasteiger partial charge is 0.439 e. The summed E-state index contributed by atoms with van der Waals surface area (Å²) in [6, 6.07) is 16.8. The van der Waals surface area contributed by atoms with Crippen molar-refractivity contribution < 1.29 is 27.9 Å². The van der Waals surface area contributed by atoms with Gasteiger partial charge in [0.1, 0.15) is 23.1 Å². The number of ether oxygens (including phenoxy) is 1. The number of anilines is 1. The molecule has 5 rings (SSSR count). The highest BCUT2D eigenvalue weighted by Gasteiger charge is 2.30. The number of Topliss-reactive ketones (excluding diaryl/α,β-unsaturated/α-hetero) is 2. The van der Waals surface area contributed by atoms with Crippen molar-refractivity contribution in [3.05, 3.63) is 113 Å². The van der Waals surface area contributed by atoms with E-state index < -0.39 is 17.6 Å². The number of piperidine rings is 1. The Morgan fingerprint density at radius 2 is 1.69 bits per heavy atom. The number of aromatic nitrogens is 2. The van der Waals surface area contributed by atoms with Gasteiger partial charge in [-0.3, -0.25) is 19.4 Å². The lowest BCUT2D eigenvalue weighted by Gasteiger charge is -2.31. The molecule has 1 amide bonds. The van der Waals surface area contributed by atoms with Crippen molar-refractivity contribution in [3.8, 4) is 11.6 Å². The molecule has 3 heterocycles. The van der Waals surface area contributed by atoms with E-state index >= 15 is 0 Å². The zero-order valence-corrected chi connectivity index (χ0v) is 22.8. The molecule has 2 aromatic carbocycles. The number of likely N-dealkylation sites (tertiary alicyclic amines) is 1. The SMILES string of the molecule is CC(=O)c1ccc(Oc2ccc(NCc3ccc(C(=O)N4CCC(C(=O)c5ccc(F)cc5F)CC4)nc3)cn2)cc1. The monoisotopic (exact) mass is 570 g/mol. The van der Waals surface area contributed by atoms with Crippen LogP contribution in [-0.2, 0) is 6.54 Å². The molecule has 0 unspecified atom stereocenters. The fourth-order valence-corrected chi connectivity index (χ4v) is 4.70. The fraction of sp³-hybridized carbons (Fsp3) is 0.219. The molecule has 42 heavy (non-hydrogen) atoms. The van der Waals surface area contributed by atoms with Crippen LogP contribution in [0.2, 0.25) is 0 Å². The van der Waals surface area contributed by atoms with Gasteiger partial charge >= 0.3 is 0 Å². The van der Waals surface area contributed by atoms with Crippen LogP contribution < -0.4 is 10.1 Å². The summed E-state index contributed by atoms with van der Waals surface area (Å²) in [6.07, 6.45) is 4.06. The lowest BCUT2D eigenvalue weighted by molar-refractivity contribution is 0.0644. The molecule has 0 bridgehead atoms. The van der Waals surface area contributed by atoms with Crippen molar-refractivity contribution in [1.82, 2.24) is 14.9 Å². The summed E-state index contributed by atoms with van der Waals surface area (Å²) >= 11 is 0. The molecule has 214 valence electrons. The molecular formula is C32H28F2N4O4. The Bertz CT molecular complexity index is 1580. The summed E-state index contributed by atoms with van der Waals surface area (Å²) < 4.78 is 32.9. The average molecular weight is 571 g/mol. The van der Waals surface area contributed by atoms with E-state index in [-0.39, 0.29) is 23.0 Å². The van der Waals surface area contributed by atoms with Crippen LogP contribution in [0.15, 0.2) is 79.1 Å². The molecule has 0 atom stereocenters. The second kappa shape index (κ2) is 12.7. The summed E-state index contributed by atoms with van der Waals surface area (Å²) in [7, 11) is 0. The second-order valence-electron chi connectivity index (χ2n) is 10.0. The number of rotatable bonds is 9. The zero-order valence-electron chi connectivity index (χ0n) is 22.8. The smallest absolute Gasteiger partial charge is 0.272 e. The molecule has 1 aliphatic rings. The van der Waals surface area contributed by atoms with Crippen molar-refractivity contribution in [2.45, 2.75) is 26.3 Å². The number of pyridine rings is 2. The summed E-state index contributed by atoms with van der Waals surface area (Å²) in [6.45, 7) is 2.66. The number of nitrogens with one attached hydrogen (secondary N) is 1. The Morgan fingerprint density at radius 3 is 2.31 bits per heavy atom. The van der Waals surface area contributed by atoms with Gasteiger partial charge in [-0.25, -0.2) is 13.8 Å². The predicted octanol–water partition coefficient (Wildman–Crippen LogP) is 6.10. The van der Waals surface area contributed by atoms with Crippen molar-refractivity contribution in [2.24, 2.45) is 5.92 Å². The number of benzene rings is 2. The van der Waals surface area contributed by atoms with E-state index in [0.29, 0.717) is 61.4 Å². The van der Waals surface area contributed by atoms with E-state index in [1.54, 1.807) is 53.7 Å². The molecule has 4 aromatic rings. The van der Waals surface area contributed by atoms with Gasteiger partial charge in [-0.1, -0.05) is 6.07 Å². The number of nitrogens with zero attached hydrogens (tertiary/aromatic N) is 3. The molecule has 0 aliphatic carbocycles. The maximum Gasteiger partial charge on any atom is 0.272 e. The lowest BCUT2D eigenvalue weighted by Crippen LogP contribution is -2.40. The van der Waals surface area contributed by atoms with Gasteiger partial charge in [0.05, 0.1) is 17.4 Å². The third kappa shape index (κ3) is 6.83. The molecule has 0 spiro atoms. The molecule has 0 saturated carbocycles. The summed E-state index contributed by atoms with van der Waals surface area (Å²) in [5.41, 5.74) is 2.42. The first kappa shape index (κ1) is 28.5. The number of carbonyl (C=O) groups excluding carboxylic acids is 3. The normalized spacial score (nSPS) is 13.5. The minimum atomic E-state index is -0.867. The number of hydrogen-bond acceptors (Lipinski definition) is 7. The molecule has 1 N–H and O–H groups in total. The highest BCUT2D eigenvalue weighted by atomic mass is 19.1.